The number of fused-ring (bicyclic) bond motifs is 2. The Bertz CT molecular complexity index is 832. The Morgan fingerprint density at radius 2 is 1.68 bits per heavy atom. The highest BCUT2D eigenvalue weighted by Crippen LogP contribution is 2.45. The SMILES string of the molecule is Cc1cc(C)c(OC(=O)C2=C(O[Si](C)(C)C(C)(C)C)CC3C=CC2C3)c(C)c1. The molecule has 2 unspecified atom stereocenters. The van der Waals surface area contributed by atoms with Crippen molar-refractivity contribution in [2.75, 3.05) is 0 Å². The van der Waals surface area contributed by atoms with Gasteiger partial charge in [-0.05, 0) is 62.4 Å². The summed E-state index contributed by atoms with van der Waals surface area (Å²) in [6, 6.07) is 4.12. The van der Waals surface area contributed by atoms with E-state index in [1.807, 2.05) is 13.8 Å². The number of esters is 1. The van der Waals surface area contributed by atoms with Crippen molar-refractivity contribution < 1.29 is 14.0 Å². The normalized spacial score (nSPS) is 21.9. The highest BCUT2D eigenvalue weighted by Gasteiger charge is 2.43. The Kier molecular flexibility index (Phi) is 5.39. The summed E-state index contributed by atoms with van der Waals surface area (Å²) >= 11 is 0. The first-order valence-electron chi connectivity index (χ1n) is 10.3. The van der Waals surface area contributed by atoms with E-state index in [0.717, 1.165) is 35.3 Å². The van der Waals surface area contributed by atoms with Gasteiger partial charge >= 0.3 is 5.97 Å². The molecule has 0 N–H and O–H groups in total. The zero-order valence-electron chi connectivity index (χ0n) is 18.6. The van der Waals surface area contributed by atoms with Crippen molar-refractivity contribution in [2.45, 2.75) is 72.5 Å². The van der Waals surface area contributed by atoms with Gasteiger partial charge in [0.2, 0.25) is 8.32 Å². The second kappa shape index (κ2) is 7.22. The molecule has 0 saturated heterocycles. The molecular formula is C24H34O3Si. The molecule has 3 rings (SSSR count). The molecule has 152 valence electrons. The van der Waals surface area contributed by atoms with E-state index in [9.17, 15) is 4.79 Å². The first kappa shape index (κ1) is 20.9. The smallest absolute Gasteiger partial charge is 0.343 e. The molecule has 28 heavy (non-hydrogen) atoms. The summed E-state index contributed by atoms with van der Waals surface area (Å²) in [6.45, 7) is 17.2. The van der Waals surface area contributed by atoms with Gasteiger partial charge in [0.25, 0.3) is 0 Å². The molecule has 0 fully saturated rings. The lowest BCUT2D eigenvalue weighted by Crippen LogP contribution is -2.41. The van der Waals surface area contributed by atoms with Gasteiger partial charge in [0.15, 0.2) is 0 Å². The van der Waals surface area contributed by atoms with Crippen LogP contribution in [-0.4, -0.2) is 14.3 Å². The van der Waals surface area contributed by atoms with Crippen molar-refractivity contribution >= 4 is 14.3 Å². The first-order valence-corrected chi connectivity index (χ1v) is 13.2. The standard InChI is InChI=1S/C24H34O3Si/c1-15-11-16(2)22(17(3)12-15)26-23(25)21-19-10-9-18(13-19)14-20(21)27-28(7,8)24(4,5)6/h9-12,18-19H,13-14H2,1-8H3. The van der Waals surface area contributed by atoms with Crippen molar-refractivity contribution in [1.82, 2.24) is 0 Å². The minimum absolute atomic E-state index is 0.0864. The van der Waals surface area contributed by atoms with Crippen molar-refractivity contribution in [2.24, 2.45) is 11.8 Å². The van der Waals surface area contributed by atoms with Crippen molar-refractivity contribution in [3.05, 3.63) is 52.3 Å². The van der Waals surface area contributed by atoms with E-state index < -0.39 is 8.32 Å². The minimum Gasteiger partial charge on any atom is -0.546 e. The van der Waals surface area contributed by atoms with E-state index in [1.54, 1.807) is 0 Å². The monoisotopic (exact) mass is 398 g/mol. The van der Waals surface area contributed by atoms with Gasteiger partial charge in [0, 0.05) is 12.3 Å². The van der Waals surface area contributed by atoms with Crippen LogP contribution in [0.5, 0.6) is 5.75 Å². The Labute approximate surface area is 171 Å². The third-order valence-corrected chi connectivity index (χ3v) is 10.9. The fourth-order valence-electron chi connectivity index (χ4n) is 3.99. The van der Waals surface area contributed by atoms with Gasteiger partial charge in [-0.25, -0.2) is 4.79 Å². The molecule has 4 heteroatoms. The Morgan fingerprint density at radius 3 is 2.25 bits per heavy atom. The number of benzene rings is 1. The van der Waals surface area contributed by atoms with Crippen LogP contribution in [0, 0.1) is 32.6 Å². The van der Waals surface area contributed by atoms with E-state index >= 15 is 0 Å². The molecule has 0 amide bonds. The molecule has 2 aliphatic rings. The molecular weight excluding hydrogens is 364 g/mol. The van der Waals surface area contributed by atoms with E-state index in [1.165, 1.54) is 5.56 Å². The summed E-state index contributed by atoms with van der Waals surface area (Å²) in [7, 11) is -2.03. The van der Waals surface area contributed by atoms with Crippen LogP contribution in [0.4, 0.5) is 0 Å². The lowest BCUT2D eigenvalue weighted by Gasteiger charge is -2.39. The Morgan fingerprint density at radius 1 is 1.07 bits per heavy atom. The quantitative estimate of drug-likeness (QED) is 0.255. The number of allylic oxidation sites excluding steroid dienone is 3. The van der Waals surface area contributed by atoms with Gasteiger partial charge in [0.1, 0.15) is 5.75 Å². The maximum atomic E-state index is 13.3. The molecule has 2 bridgehead atoms. The van der Waals surface area contributed by atoms with Crippen LogP contribution in [-0.2, 0) is 9.22 Å². The van der Waals surface area contributed by atoms with Crippen LogP contribution >= 0.6 is 0 Å². The zero-order chi connectivity index (χ0) is 20.9. The van der Waals surface area contributed by atoms with Gasteiger partial charge < -0.3 is 9.16 Å². The second-order valence-corrected chi connectivity index (χ2v) is 14.7. The first-order chi connectivity index (χ1) is 12.9. The Hall–Kier alpha value is -1.81. The van der Waals surface area contributed by atoms with Gasteiger partial charge in [-0.3, -0.25) is 0 Å². The maximum Gasteiger partial charge on any atom is 0.343 e. The van der Waals surface area contributed by atoms with Gasteiger partial charge in [0.05, 0.1) is 11.3 Å². The molecule has 0 spiro atoms. The van der Waals surface area contributed by atoms with Crippen molar-refractivity contribution in [3.8, 4) is 5.75 Å². The summed E-state index contributed by atoms with van der Waals surface area (Å²) < 4.78 is 12.6. The summed E-state index contributed by atoms with van der Waals surface area (Å²) in [6.07, 6.45) is 6.19. The number of carbonyl (C=O) groups is 1. The fourth-order valence-corrected chi connectivity index (χ4v) is 5.11. The topological polar surface area (TPSA) is 35.5 Å². The molecule has 2 aliphatic carbocycles. The molecule has 0 radical (unpaired) electrons. The van der Waals surface area contributed by atoms with E-state index in [-0.39, 0.29) is 16.9 Å². The number of carbonyl (C=O) groups excluding carboxylic acids is 1. The molecule has 1 aromatic rings. The lowest BCUT2D eigenvalue weighted by atomic mass is 9.86. The van der Waals surface area contributed by atoms with Crippen molar-refractivity contribution in [1.29, 1.82) is 0 Å². The van der Waals surface area contributed by atoms with Crippen molar-refractivity contribution in [3.63, 3.8) is 0 Å². The zero-order valence-corrected chi connectivity index (χ0v) is 19.6. The molecule has 0 saturated carbocycles. The van der Waals surface area contributed by atoms with E-state index in [0.29, 0.717) is 11.7 Å². The predicted molar refractivity (Wildman–Crippen MR) is 117 cm³/mol. The van der Waals surface area contributed by atoms with Crippen LogP contribution < -0.4 is 4.74 Å². The van der Waals surface area contributed by atoms with E-state index in [4.69, 9.17) is 9.16 Å². The van der Waals surface area contributed by atoms with Gasteiger partial charge in [-0.1, -0.05) is 50.6 Å². The number of hydrogen-bond acceptors (Lipinski definition) is 3. The number of aryl methyl sites for hydroxylation is 3. The van der Waals surface area contributed by atoms with Gasteiger partial charge in [-0.2, -0.15) is 0 Å². The second-order valence-electron chi connectivity index (χ2n) is 10.0. The molecule has 1 aromatic carbocycles. The fraction of sp³-hybridized carbons (Fsp3) is 0.542. The number of rotatable bonds is 4. The molecule has 0 heterocycles. The summed E-state index contributed by atoms with van der Waals surface area (Å²) in [4.78, 5) is 13.3. The summed E-state index contributed by atoms with van der Waals surface area (Å²) in [5.41, 5.74) is 3.90. The van der Waals surface area contributed by atoms with Gasteiger partial charge in [-0.15, -0.1) is 0 Å². The highest BCUT2D eigenvalue weighted by molar-refractivity contribution is 6.74. The summed E-state index contributed by atoms with van der Waals surface area (Å²) in [5, 5.41) is 0.0864. The largest absolute Gasteiger partial charge is 0.546 e. The molecule has 3 nitrogen and oxygen atoms in total. The predicted octanol–water partition coefficient (Wildman–Crippen LogP) is 6.39. The molecule has 2 atom stereocenters. The maximum absolute atomic E-state index is 13.3. The third kappa shape index (κ3) is 3.98. The minimum atomic E-state index is -2.03. The highest BCUT2D eigenvalue weighted by atomic mass is 28.4. The van der Waals surface area contributed by atoms with Crippen LogP contribution in [0.1, 0.15) is 50.3 Å². The van der Waals surface area contributed by atoms with Crippen LogP contribution in [0.3, 0.4) is 0 Å². The van der Waals surface area contributed by atoms with E-state index in [2.05, 4.69) is 65.1 Å². The van der Waals surface area contributed by atoms with Crippen LogP contribution in [0.15, 0.2) is 35.6 Å². The lowest BCUT2D eigenvalue weighted by molar-refractivity contribution is -0.131. The van der Waals surface area contributed by atoms with Crippen LogP contribution in [0.2, 0.25) is 18.1 Å². The van der Waals surface area contributed by atoms with Crippen LogP contribution in [0.25, 0.3) is 0 Å². The Balaban J connectivity index is 1.96. The number of ether oxygens (including phenoxy) is 1. The average molecular weight is 399 g/mol. The third-order valence-electron chi connectivity index (χ3n) is 6.49. The summed E-state index contributed by atoms with van der Waals surface area (Å²) in [5.74, 6) is 1.88. The molecule has 0 aromatic heterocycles. The number of hydrogen-bond donors (Lipinski definition) is 0. The molecule has 0 aliphatic heterocycles. The average Bonchev–Trinajstić information content (AvgIpc) is 2.91.